The molecule has 0 saturated carbocycles. The second-order valence-electron chi connectivity index (χ2n) is 4.79. The van der Waals surface area contributed by atoms with Crippen LogP contribution in [0.3, 0.4) is 0 Å². The monoisotopic (exact) mass is 297 g/mol. The van der Waals surface area contributed by atoms with Crippen molar-refractivity contribution in [2.75, 3.05) is 24.5 Å². The first-order valence-corrected chi connectivity index (χ1v) is 7.48. The minimum absolute atomic E-state index is 0.222. The Morgan fingerprint density at radius 1 is 1.40 bits per heavy atom. The highest BCUT2D eigenvalue weighted by atomic mass is 35.5. The Morgan fingerprint density at radius 2 is 2.15 bits per heavy atom. The molecule has 0 aliphatic rings. The third-order valence-corrected chi connectivity index (χ3v) is 3.32. The van der Waals surface area contributed by atoms with E-state index in [0.29, 0.717) is 5.02 Å². The van der Waals surface area contributed by atoms with Crippen LogP contribution in [-0.4, -0.2) is 25.5 Å². The standard InChI is InChI=1S/C15H24ClN3O/c1-3-5-8-19(11-15(17)20)14-9-13(16)7-6-12(14)10-18-4-2/h6-7,9,18H,3-5,8,10-11H2,1-2H3,(H2,17,20). The van der Waals surface area contributed by atoms with Gasteiger partial charge in [-0.3, -0.25) is 4.79 Å². The molecule has 0 radical (unpaired) electrons. The Hall–Kier alpha value is -1.26. The van der Waals surface area contributed by atoms with Crippen LogP contribution in [0.25, 0.3) is 0 Å². The van der Waals surface area contributed by atoms with Crippen LogP contribution in [0, 0.1) is 0 Å². The summed E-state index contributed by atoms with van der Waals surface area (Å²) >= 11 is 6.10. The Morgan fingerprint density at radius 3 is 2.75 bits per heavy atom. The minimum atomic E-state index is -0.324. The molecule has 3 N–H and O–H groups in total. The Bertz CT molecular complexity index is 437. The number of unbranched alkanes of at least 4 members (excludes halogenated alkanes) is 1. The molecule has 0 atom stereocenters. The molecule has 0 heterocycles. The van der Waals surface area contributed by atoms with Gasteiger partial charge in [0, 0.05) is 23.8 Å². The number of nitrogens with zero attached hydrogens (tertiary/aromatic N) is 1. The maximum atomic E-state index is 11.3. The van der Waals surface area contributed by atoms with Gasteiger partial charge in [0.1, 0.15) is 0 Å². The SMILES string of the molecule is CCCCN(CC(N)=O)c1cc(Cl)ccc1CNCC. The van der Waals surface area contributed by atoms with Crippen molar-refractivity contribution in [2.24, 2.45) is 5.73 Å². The zero-order chi connectivity index (χ0) is 15.0. The second-order valence-corrected chi connectivity index (χ2v) is 5.23. The highest BCUT2D eigenvalue weighted by molar-refractivity contribution is 6.30. The van der Waals surface area contributed by atoms with Crippen molar-refractivity contribution in [3.05, 3.63) is 28.8 Å². The van der Waals surface area contributed by atoms with Crippen LogP contribution in [0.5, 0.6) is 0 Å². The molecule has 0 aliphatic carbocycles. The fourth-order valence-electron chi connectivity index (χ4n) is 2.06. The third kappa shape index (κ3) is 5.39. The van der Waals surface area contributed by atoms with E-state index in [9.17, 15) is 4.79 Å². The normalized spacial score (nSPS) is 10.6. The number of primary amides is 1. The maximum Gasteiger partial charge on any atom is 0.236 e. The number of hydrogen-bond donors (Lipinski definition) is 2. The lowest BCUT2D eigenvalue weighted by molar-refractivity contribution is -0.116. The summed E-state index contributed by atoms with van der Waals surface area (Å²) in [6.07, 6.45) is 2.08. The predicted molar refractivity (Wildman–Crippen MR) is 85.1 cm³/mol. The zero-order valence-electron chi connectivity index (χ0n) is 12.3. The number of nitrogens with one attached hydrogen (secondary N) is 1. The van der Waals surface area contributed by atoms with E-state index in [1.165, 1.54) is 0 Å². The smallest absolute Gasteiger partial charge is 0.236 e. The summed E-state index contributed by atoms with van der Waals surface area (Å²) in [5, 5.41) is 3.98. The summed E-state index contributed by atoms with van der Waals surface area (Å²) in [6.45, 7) is 6.86. The number of benzene rings is 1. The molecular weight excluding hydrogens is 274 g/mol. The first-order valence-electron chi connectivity index (χ1n) is 7.10. The van der Waals surface area contributed by atoms with Gasteiger partial charge in [0.2, 0.25) is 5.91 Å². The molecule has 0 saturated heterocycles. The summed E-state index contributed by atoms with van der Waals surface area (Å²) in [7, 11) is 0. The van der Waals surface area contributed by atoms with Crippen molar-refractivity contribution < 1.29 is 4.79 Å². The average Bonchev–Trinajstić information content (AvgIpc) is 2.41. The lowest BCUT2D eigenvalue weighted by Crippen LogP contribution is -2.35. The zero-order valence-corrected chi connectivity index (χ0v) is 13.0. The molecule has 0 bridgehead atoms. The van der Waals surface area contributed by atoms with Gasteiger partial charge in [-0.2, -0.15) is 0 Å². The molecule has 1 rings (SSSR count). The highest BCUT2D eigenvalue weighted by Crippen LogP contribution is 2.25. The van der Waals surface area contributed by atoms with E-state index in [-0.39, 0.29) is 12.5 Å². The van der Waals surface area contributed by atoms with E-state index in [1.807, 2.05) is 23.1 Å². The molecule has 1 aromatic carbocycles. The van der Waals surface area contributed by atoms with Gasteiger partial charge in [-0.25, -0.2) is 0 Å². The lowest BCUT2D eigenvalue weighted by atomic mass is 10.1. The number of nitrogens with two attached hydrogens (primary N) is 1. The predicted octanol–water partition coefficient (Wildman–Crippen LogP) is 2.54. The van der Waals surface area contributed by atoms with E-state index >= 15 is 0 Å². The fourth-order valence-corrected chi connectivity index (χ4v) is 2.23. The first-order chi connectivity index (χ1) is 9.58. The van der Waals surface area contributed by atoms with Gasteiger partial charge >= 0.3 is 0 Å². The molecule has 1 aromatic rings. The molecule has 112 valence electrons. The second kappa shape index (κ2) is 8.82. The van der Waals surface area contributed by atoms with Crippen LogP contribution in [0.15, 0.2) is 18.2 Å². The van der Waals surface area contributed by atoms with Gasteiger partial charge in [0.05, 0.1) is 6.54 Å². The number of carbonyl (C=O) groups is 1. The first kappa shape index (κ1) is 16.8. The number of amides is 1. The number of hydrogen-bond acceptors (Lipinski definition) is 3. The molecular formula is C15H24ClN3O. The summed E-state index contributed by atoms with van der Waals surface area (Å²) < 4.78 is 0. The minimum Gasteiger partial charge on any atom is -0.368 e. The molecule has 0 aliphatic heterocycles. The van der Waals surface area contributed by atoms with E-state index < -0.39 is 0 Å². The summed E-state index contributed by atoms with van der Waals surface area (Å²) in [6, 6.07) is 5.78. The van der Waals surface area contributed by atoms with Crippen LogP contribution < -0.4 is 16.0 Å². The van der Waals surface area contributed by atoms with Gasteiger partial charge in [0.25, 0.3) is 0 Å². The number of halogens is 1. The van der Waals surface area contributed by atoms with Gasteiger partial charge in [-0.1, -0.05) is 37.9 Å². The Labute approximate surface area is 126 Å². The van der Waals surface area contributed by atoms with Gasteiger partial charge < -0.3 is 16.0 Å². The van der Waals surface area contributed by atoms with Crippen molar-refractivity contribution in [2.45, 2.75) is 33.2 Å². The summed E-state index contributed by atoms with van der Waals surface area (Å²) in [5.74, 6) is -0.324. The fraction of sp³-hybridized carbons (Fsp3) is 0.533. The maximum absolute atomic E-state index is 11.3. The summed E-state index contributed by atoms with van der Waals surface area (Å²) in [5.41, 5.74) is 7.49. The lowest BCUT2D eigenvalue weighted by Gasteiger charge is -2.26. The molecule has 0 unspecified atom stereocenters. The number of anilines is 1. The Balaban J connectivity index is 3.01. The molecule has 4 nitrogen and oxygen atoms in total. The van der Waals surface area contributed by atoms with Crippen molar-refractivity contribution in [1.29, 1.82) is 0 Å². The third-order valence-electron chi connectivity index (χ3n) is 3.08. The van der Waals surface area contributed by atoms with Crippen molar-refractivity contribution in [1.82, 2.24) is 5.32 Å². The largest absolute Gasteiger partial charge is 0.368 e. The van der Waals surface area contributed by atoms with E-state index in [0.717, 1.165) is 43.7 Å². The summed E-state index contributed by atoms with van der Waals surface area (Å²) in [4.78, 5) is 13.3. The molecule has 0 spiro atoms. The quantitative estimate of drug-likeness (QED) is 0.736. The van der Waals surface area contributed by atoms with Crippen LogP contribution >= 0.6 is 11.6 Å². The molecule has 0 aromatic heterocycles. The van der Waals surface area contributed by atoms with Gasteiger partial charge in [0.15, 0.2) is 0 Å². The van der Waals surface area contributed by atoms with Crippen molar-refractivity contribution >= 4 is 23.2 Å². The number of rotatable bonds is 9. The van der Waals surface area contributed by atoms with Gasteiger partial charge in [-0.05, 0) is 30.7 Å². The van der Waals surface area contributed by atoms with Crippen molar-refractivity contribution in [3.63, 3.8) is 0 Å². The van der Waals surface area contributed by atoms with E-state index in [1.54, 1.807) is 0 Å². The van der Waals surface area contributed by atoms with Crippen molar-refractivity contribution in [3.8, 4) is 0 Å². The van der Waals surface area contributed by atoms with Gasteiger partial charge in [-0.15, -0.1) is 0 Å². The van der Waals surface area contributed by atoms with Crippen LogP contribution in [0.1, 0.15) is 32.3 Å². The highest BCUT2D eigenvalue weighted by Gasteiger charge is 2.13. The molecule has 5 heteroatoms. The molecule has 20 heavy (non-hydrogen) atoms. The molecule has 0 fully saturated rings. The van der Waals surface area contributed by atoms with E-state index in [4.69, 9.17) is 17.3 Å². The Kier molecular flexibility index (Phi) is 7.41. The van der Waals surface area contributed by atoms with Crippen LogP contribution in [-0.2, 0) is 11.3 Å². The van der Waals surface area contributed by atoms with Crippen LogP contribution in [0.4, 0.5) is 5.69 Å². The topological polar surface area (TPSA) is 58.4 Å². The number of carbonyl (C=O) groups excluding carboxylic acids is 1. The van der Waals surface area contributed by atoms with E-state index in [2.05, 4.69) is 19.2 Å². The average molecular weight is 298 g/mol. The molecule has 1 amide bonds. The van der Waals surface area contributed by atoms with Crippen LogP contribution in [0.2, 0.25) is 5.02 Å².